The van der Waals surface area contributed by atoms with Crippen molar-refractivity contribution in [3.63, 3.8) is 0 Å². The zero-order valence-electron chi connectivity index (χ0n) is 14.8. The fourth-order valence-electron chi connectivity index (χ4n) is 2.07. The van der Waals surface area contributed by atoms with Crippen molar-refractivity contribution >= 4 is 12.0 Å². The molecule has 11 heteroatoms. The molecule has 3 heterocycles. The topological polar surface area (TPSA) is 94.2 Å². The Morgan fingerprint density at radius 1 is 1.17 bits per heavy atom. The van der Waals surface area contributed by atoms with E-state index in [9.17, 15) is 8.78 Å². The third-order valence-corrected chi connectivity index (χ3v) is 3.33. The molecule has 0 saturated heterocycles. The number of hydrazone groups is 1. The average molecular weight is 570 g/mol. The predicted molar refractivity (Wildman–Crippen MR) is 94.8 cm³/mol. The number of nitriles is 1. The van der Waals surface area contributed by atoms with Gasteiger partial charge in [-0.15, -0.1) is 18.8 Å². The van der Waals surface area contributed by atoms with E-state index in [1.54, 1.807) is 29.8 Å². The van der Waals surface area contributed by atoms with Gasteiger partial charge < -0.3 is 14.9 Å². The molecule has 0 unspecified atom stereocenters. The smallest absolute Gasteiger partial charge is 0.493 e. The number of hydrogen-bond acceptors (Lipinski definition) is 8. The van der Waals surface area contributed by atoms with Crippen LogP contribution in [-0.4, -0.2) is 38.2 Å². The number of rotatable bonds is 2. The van der Waals surface area contributed by atoms with Crippen molar-refractivity contribution in [2.45, 2.75) is 0 Å². The van der Waals surface area contributed by atoms with Crippen LogP contribution in [-0.2, 0) is 20.1 Å². The van der Waals surface area contributed by atoms with Gasteiger partial charge in [0.25, 0.3) is 0 Å². The molecule has 0 amide bonds. The Morgan fingerprint density at radius 2 is 1.93 bits per heavy atom. The van der Waals surface area contributed by atoms with Gasteiger partial charge in [0.15, 0.2) is 0 Å². The standard InChI is InChI=1S/C10H3F2N4.C8H8N4.Ir/c11-8-2-1-6(9(12)7(8)3-13)10-15-4-14-5-16-10;1-11-6-10-12(7-11)8-3-2-4-9-5-8;/h2,4-5H;2,4-7H,1H3;/q-1;-2;+3. The van der Waals surface area contributed by atoms with Crippen LogP contribution in [0, 0.1) is 41.8 Å². The van der Waals surface area contributed by atoms with Crippen LogP contribution in [0.25, 0.3) is 11.4 Å². The largest absolute Gasteiger partial charge is 3.00 e. The zero-order valence-corrected chi connectivity index (χ0v) is 17.2. The van der Waals surface area contributed by atoms with Crippen molar-refractivity contribution in [3.8, 4) is 17.5 Å². The van der Waals surface area contributed by atoms with Crippen molar-refractivity contribution in [2.24, 2.45) is 5.10 Å². The van der Waals surface area contributed by atoms with E-state index < -0.39 is 17.2 Å². The van der Waals surface area contributed by atoms with Crippen molar-refractivity contribution in [3.05, 3.63) is 73.2 Å². The second-order valence-electron chi connectivity index (χ2n) is 5.25. The van der Waals surface area contributed by atoms with Crippen molar-refractivity contribution in [1.29, 1.82) is 5.26 Å². The first kappa shape index (κ1) is 21.9. The van der Waals surface area contributed by atoms with Gasteiger partial charge in [-0.05, 0) is 7.05 Å². The number of benzene rings is 1. The van der Waals surface area contributed by atoms with Crippen LogP contribution in [0.2, 0.25) is 0 Å². The molecule has 1 aromatic carbocycles. The second kappa shape index (κ2) is 10.3. The summed E-state index contributed by atoms with van der Waals surface area (Å²) in [5.74, 6) is -1.98. The van der Waals surface area contributed by atoms with Crippen LogP contribution in [0.15, 0.2) is 42.3 Å². The summed E-state index contributed by atoms with van der Waals surface area (Å²) >= 11 is 0. The molecule has 0 spiro atoms. The summed E-state index contributed by atoms with van der Waals surface area (Å²) in [6.45, 7) is 1.85. The van der Waals surface area contributed by atoms with Gasteiger partial charge in [0.2, 0.25) is 0 Å². The fourth-order valence-corrected chi connectivity index (χ4v) is 2.07. The molecule has 0 N–H and O–H groups in total. The molecule has 8 nitrogen and oxygen atoms in total. The van der Waals surface area contributed by atoms with Crippen LogP contribution in [0.5, 0.6) is 0 Å². The maximum atomic E-state index is 13.6. The van der Waals surface area contributed by atoms with E-state index in [0.717, 1.165) is 11.8 Å². The quantitative estimate of drug-likeness (QED) is 0.437. The average Bonchev–Trinajstić information content (AvgIpc) is 3.17. The molecule has 0 atom stereocenters. The first-order valence-electron chi connectivity index (χ1n) is 7.74. The molecule has 29 heavy (non-hydrogen) atoms. The van der Waals surface area contributed by atoms with E-state index in [1.165, 1.54) is 18.7 Å². The predicted octanol–water partition coefficient (Wildman–Crippen LogP) is 2.18. The number of aromatic nitrogens is 4. The normalized spacial score (nSPS) is 11.9. The maximum absolute atomic E-state index is 13.6. The van der Waals surface area contributed by atoms with Crippen molar-refractivity contribution in [1.82, 2.24) is 24.8 Å². The van der Waals surface area contributed by atoms with Crippen LogP contribution in [0.3, 0.4) is 0 Å². The number of halogens is 2. The number of nitrogens with zero attached hydrogens (tertiary/aromatic N) is 8. The Morgan fingerprint density at radius 3 is 2.52 bits per heavy atom. The monoisotopic (exact) mass is 570 g/mol. The van der Waals surface area contributed by atoms with Crippen molar-refractivity contribution < 1.29 is 28.9 Å². The van der Waals surface area contributed by atoms with Gasteiger partial charge in [-0.25, -0.2) is 4.98 Å². The van der Waals surface area contributed by atoms with Crippen LogP contribution in [0.4, 0.5) is 14.5 Å². The molecule has 1 aliphatic heterocycles. The Balaban J connectivity index is 0.000000207. The molecule has 2 aromatic heterocycles. The van der Waals surface area contributed by atoms with E-state index in [4.69, 9.17) is 5.26 Å². The summed E-state index contributed by atoms with van der Waals surface area (Å²) in [5.41, 5.74) is 0.0209. The molecule has 0 fully saturated rings. The van der Waals surface area contributed by atoms with E-state index in [2.05, 4.69) is 37.2 Å². The van der Waals surface area contributed by atoms with E-state index in [-0.39, 0.29) is 31.5 Å². The minimum atomic E-state index is -1.02. The Labute approximate surface area is 178 Å². The molecular weight excluding hydrogens is 558 g/mol. The Kier molecular flexibility index (Phi) is 7.77. The molecule has 0 aliphatic carbocycles. The van der Waals surface area contributed by atoms with Gasteiger partial charge in [-0.2, -0.15) is 22.5 Å². The fraction of sp³-hybridized carbons (Fsp3) is 0.0556. The van der Waals surface area contributed by atoms with Gasteiger partial charge in [0, 0.05) is 5.56 Å². The summed E-state index contributed by atoms with van der Waals surface area (Å²) in [6, 6.07) is 9.43. The molecular formula is C18H11F2IrN8. The molecule has 4 rings (SSSR count). The number of hydrogen-bond donors (Lipinski definition) is 0. The van der Waals surface area contributed by atoms with Gasteiger partial charge >= 0.3 is 20.1 Å². The molecule has 0 saturated carbocycles. The minimum Gasteiger partial charge on any atom is -0.493 e. The van der Waals surface area contributed by atoms with Crippen LogP contribution < -0.4 is 5.01 Å². The van der Waals surface area contributed by atoms with E-state index in [0.29, 0.717) is 0 Å². The first-order chi connectivity index (χ1) is 13.6. The second-order valence-corrected chi connectivity index (χ2v) is 5.25. The van der Waals surface area contributed by atoms with E-state index in [1.807, 2.05) is 18.6 Å². The SMILES string of the molecule is CN1C=NN(c2[c-]ccnc2)[CH-]1.N#Cc1c(F)c[c-]c(-c2ncncn2)c1F.[Ir+3]. The Bertz CT molecular complexity index is 1010. The molecule has 0 radical (unpaired) electrons. The Hall–Kier alpha value is -3.35. The molecule has 1 aliphatic rings. The first-order valence-corrected chi connectivity index (χ1v) is 7.74. The van der Waals surface area contributed by atoms with Gasteiger partial charge in [-0.3, -0.25) is 18.7 Å². The van der Waals surface area contributed by atoms with Crippen molar-refractivity contribution in [2.75, 3.05) is 12.1 Å². The van der Waals surface area contributed by atoms with E-state index >= 15 is 0 Å². The summed E-state index contributed by atoms with van der Waals surface area (Å²) in [5, 5.41) is 14.4. The third kappa shape index (κ3) is 5.34. The third-order valence-electron chi connectivity index (χ3n) is 3.33. The molecule has 0 bridgehead atoms. The summed E-state index contributed by atoms with van der Waals surface area (Å²) in [6.07, 6.45) is 7.47. The number of anilines is 1. The zero-order chi connectivity index (χ0) is 19.9. The molecule has 3 aromatic rings. The maximum Gasteiger partial charge on any atom is 3.00 e. The minimum absolute atomic E-state index is 0. The molecule has 146 valence electrons. The summed E-state index contributed by atoms with van der Waals surface area (Å²) in [4.78, 5) is 16.8. The van der Waals surface area contributed by atoms with Crippen LogP contribution in [0.1, 0.15) is 5.56 Å². The summed E-state index contributed by atoms with van der Waals surface area (Å²) < 4.78 is 26.6. The van der Waals surface area contributed by atoms with Gasteiger partial charge in [-0.1, -0.05) is 23.6 Å². The van der Waals surface area contributed by atoms with Crippen LogP contribution >= 0.6 is 0 Å². The van der Waals surface area contributed by atoms with Gasteiger partial charge in [0.1, 0.15) is 12.7 Å². The summed E-state index contributed by atoms with van der Waals surface area (Å²) in [7, 11) is 1.92. The number of pyridine rings is 1. The van der Waals surface area contributed by atoms with Gasteiger partial charge in [0.05, 0.1) is 29.9 Å².